The molecule has 13 nitrogen and oxygen atoms in total. The van der Waals surface area contributed by atoms with Crippen molar-refractivity contribution in [1.82, 2.24) is 5.32 Å². The van der Waals surface area contributed by atoms with Crippen molar-refractivity contribution < 1.29 is 59.0 Å². The maximum Gasteiger partial charge on any atom is 0.472 e. The molecule has 0 aliphatic heterocycles. The van der Waals surface area contributed by atoms with Crippen LogP contribution in [0.15, 0.2) is 60.8 Å². The summed E-state index contributed by atoms with van der Waals surface area (Å²) in [6.45, 7) is 3.67. The van der Waals surface area contributed by atoms with Crippen molar-refractivity contribution in [3.05, 3.63) is 60.8 Å². The minimum absolute atomic E-state index is 0.268. The Labute approximate surface area is 367 Å². The van der Waals surface area contributed by atoms with Crippen LogP contribution in [0.1, 0.15) is 168 Å². The smallest absolute Gasteiger partial charge is 0.393 e. The summed E-state index contributed by atoms with van der Waals surface area (Å²) in [4.78, 5) is 23.4. The van der Waals surface area contributed by atoms with E-state index >= 15 is 0 Å². The van der Waals surface area contributed by atoms with Crippen LogP contribution in [0.2, 0.25) is 0 Å². The van der Waals surface area contributed by atoms with E-state index in [1.165, 1.54) is 63.9 Å². The molecule has 1 fully saturated rings. The molecule has 1 amide bonds. The van der Waals surface area contributed by atoms with Gasteiger partial charge in [-0.05, 0) is 77.0 Å². The number of aliphatic hydroxyl groups is 7. The van der Waals surface area contributed by atoms with Crippen LogP contribution in [0.3, 0.4) is 0 Å². The normalized spacial score (nSPS) is 23.8. The van der Waals surface area contributed by atoms with Gasteiger partial charge in [0.1, 0.15) is 36.6 Å². The van der Waals surface area contributed by atoms with E-state index in [4.69, 9.17) is 9.05 Å². The molecule has 0 spiro atoms. The standard InChI is InChI=1S/C47H84NO12P/c1-3-5-7-9-11-13-15-17-19-21-23-25-27-29-31-33-35-40(50)39(37-59-61(57,58)60-47-45(55)43(53)42(52)44(54)46(47)56)48-41(51)36-38(49)34-32-30-28-26-24-22-20-18-16-14-12-10-8-6-4-2/h12,14,17-20,25,27,33,35,38-40,42-47,49-50,52-56H,3-11,13,15-16,21-24,26,28-32,34,36-37H2,1-2H3,(H,48,51)(H,57,58)/b14-12-,19-17+,20-18-,27-25+,35-33+. The lowest BCUT2D eigenvalue weighted by Crippen LogP contribution is -2.64. The topological polar surface area (TPSA) is 226 Å². The summed E-state index contributed by atoms with van der Waals surface area (Å²) in [6, 6.07) is -1.27. The molecule has 8 unspecified atom stereocenters. The Hall–Kier alpha value is -2.00. The van der Waals surface area contributed by atoms with E-state index in [0.717, 1.165) is 70.6 Å². The van der Waals surface area contributed by atoms with Crippen LogP contribution < -0.4 is 5.32 Å². The zero-order valence-electron chi connectivity index (χ0n) is 37.3. The first kappa shape index (κ1) is 57.0. The first-order valence-corrected chi connectivity index (χ1v) is 24.8. The molecule has 8 atom stereocenters. The van der Waals surface area contributed by atoms with Gasteiger partial charge in [-0.25, -0.2) is 4.57 Å². The second-order valence-corrected chi connectivity index (χ2v) is 17.8. The first-order chi connectivity index (χ1) is 29.3. The third-order valence-electron chi connectivity index (χ3n) is 10.8. The maximum atomic E-state index is 13.0. The highest BCUT2D eigenvalue weighted by Gasteiger charge is 2.51. The fraction of sp³-hybridized carbons (Fsp3) is 0.766. The number of carbonyl (C=O) groups is 1. The van der Waals surface area contributed by atoms with E-state index < -0.39 is 75.2 Å². The van der Waals surface area contributed by atoms with Crippen LogP contribution in [-0.2, 0) is 18.4 Å². The average Bonchev–Trinajstić information content (AvgIpc) is 3.23. The number of rotatable bonds is 37. The number of aliphatic hydroxyl groups excluding tert-OH is 7. The summed E-state index contributed by atoms with van der Waals surface area (Å²) in [6.07, 6.45) is 30.2. The summed E-state index contributed by atoms with van der Waals surface area (Å²) < 4.78 is 22.8. The van der Waals surface area contributed by atoms with E-state index in [1.54, 1.807) is 6.08 Å². The third kappa shape index (κ3) is 28.4. The summed E-state index contributed by atoms with van der Waals surface area (Å²) in [5, 5.41) is 74.4. The SMILES string of the molecule is CCCCC/C=C\C/C=C\CCCCCCCC(O)CC(=O)NC(COP(=O)(O)OC1C(O)C(O)C(O)C(O)C1O)C(O)/C=C/CC/C=C/CC/C=C/CCCCCCCC. The molecular formula is C47H84NO12P. The van der Waals surface area contributed by atoms with Crippen molar-refractivity contribution in [1.29, 1.82) is 0 Å². The Kier molecular flexibility index (Phi) is 34.0. The fourth-order valence-corrected chi connectivity index (χ4v) is 7.91. The van der Waals surface area contributed by atoms with Gasteiger partial charge in [0, 0.05) is 0 Å². The molecule has 0 bridgehead atoms. The zero-order chi connectivity index (χ0) is 45.1. The molecule has 9 N–H and O–H groups in total. The molecule has 354 valence electrons. The second-order valence-electron chi connectivity index (χ2n) is 16.4. The highest BCUT2D eigenvalue weighted by atomic mass is 31.2. The lowest BCUT2D eigenvalue weighted by atomic mass is 9.85. The van der Waals surface area contributed by atoms with Crippen LogP contribution in [0, 0.1) is 0 Å². The Morgan fingerprint density at radius 1 is 0.590 bits per heavy atom. The number of unbranched alkanes of at least 4 members (excludes halogenated alkanes) is 16. The largest absolute Gasteiger partial charge is 0.472 e. The molecule has 14 heteroatoms. The van der Waals surface area contributed by atoms with Gasteiger partial charge in [0.05, 0.1) is 31.3 Å². The first-order valence-electron chi connectivity index (χ1n) is 23.3. The number of carbonyl (C=O) groups excluding carboxylic acids is 1. The van der Waals surface area contributed by atoms with Gasteiger partial charge >= 0.3 is 7.82 Å². The number of allylic oxidation sites excluding steroid dienone is 9. The lowest BCUT2D eigenvalue weighted by molar-refractivity contribution is -0.220. The fourth-order valence-electron chi connectivity index (χ4n) is 6.95. The highest BCUT2D eigenvalue weighted by Crippen LogP contribution is 2.47. The molecule has 0 aromatic rings. The number of phosphoric acid groups is 1. The maximum absolute atomic E-state index is 13.0. The van der Waals surface area contributed by atoms with Crippen LogP contribution >= 0.6 is 7.82 Å². The summed E-state index contributed by atoms with van der Waals surface area (Å²) in [5.74, 6) is -0.618. The van der Waals surface area contributed by atoms with Gasteiger partial charge in [0.15, 0.2) is 0 Å². The molecule has 0 heterocycles. The lowest BCUT2D eigenvalue weighted by Gasteiger charge is -2.41. The molecule has 1 aliphatic carbocycles. The van der Waals surface area contributed by atoms with Crippen molar-refractivity contribution in [3.63, 3.8) is 0 Å². The molecule has 0 radical (unpaired) electrons. The van der Waals surface area contributed by atoms with Gasteiger partial charge in [-0.15, -0.1) is 0 Å². The minimum atomic E-state index is -5.16. The molecule has 0 aromatic carbocycles. The summed E-state index contributed by atoms with van der Waals surface area (Å²) in [5.41, 5.74) is 0. The number of hydrogen-bond acceptors (Lipinski definition) is 11. The summed E-state index contributed by atoms with van der Waals surface area (Å²) in [7, 11) is -5.16. The monoisotopic (exact) mass is 886 g/mol. The van der Waals surface area contributed by atoms with Crippen LogP contribution in [0.5, 0.6) is 0 Å². The van der Waals surface area contributed by atoms with Gasteiger partial charge in [-0.2, -0.15) is 0 Å². The van der Waals surface area contributed by atoms with Crippen molar-refractivity contribution >= 4 is 13.7 Å². The van der Waals surface area contributed by atoms with Gasteiger partial charge in [-0.3, -0.25) is 13.8 Å². The van der Waals surface area contributed by atoms with Gasteiger partial charge < -0.3 is 46.0 Å². The Balaban J connectivity index is 2.61. The van der Waals surface area contributed by atoms with Crippen LogP contribution in [-0.4, -0.2) is 108 Å². The molecule has 1 aliphatic rings. The Bertz CT molecular complexity index is 1280. The Morgan fingerprint density at radius 2 is 1.02 bits per heavy atom. The van der Waals surface area contributed by atoms with E-state index in [9.17, 15) is 50.0 Å². The van der Waals surface area contributed by atoms with Gasteiger partial charge in [-0.1, -0.05) is 145 Å². The van der Waals surface area contributed by atoms with Gasteiger partial charge in [0.2, 0.25) is 5.91 Å². The highest BCUT2D eigenvalue weighted by molar-refractivity contribution is 7.47. The molecule has 0 aromatic heterocycles. The number of amides is 1. The van der Waals surface area contributed by atoms with Crippen molar-refractivity contribution in [3.8, 4) is 0 Å². The third-order valence-corrected chi connectivity index (χ3v) is 11.8. The number of nitrogens with one attached hydrogen (secondary N) is 1. The number of hydrogen-bond donors (Lipinski definition) is 9. The molecule has 1 rings (SSSR count). The van der Waals surface area contributed by atoms with Crippen molar-refractivity contribution in [2.45, 2.75) is 223 Å². The number of phosphoric ester groups is 1. The summed E-state index contributed by atoms with van der Waals surface area (Å²) >= 11 is 0. The zero-order valence-corrected chi connectivity index (χ0v) is 38.2. The van der Waals surface area contributed by atoms with E-state index in [2.05, 4.69) is 67.8 Å². The van der Waals surface area contributed by atoms with Crippen LogP contribution in [0.4, 0.5) is 0 Å². The molecule has 0 saturated heterocycles. The predicted octanol–water partition coefficient (Wildman–Crippen LogP) is 7.70. The van der Waals surface area contributed by atoms with E-state index in [0.29, 0.717) is 19.3 Å². The van der Waals surface area contributed by atoms with Crippen molar-refractivity contribution in [2.24, 2.45) is 0 Å². The second kappa shape index (κ2) is 36.4. The molecule has 61 heavy (non-hydrogen) atoms. The van der Waals surface area contributed by atoms with Crippen LogP contribution in [0.25, 0.3) is 0 Å². The molecule has 1 saturated carbocycles. The van der Waals surface area contributed by atoms with Gasteiger partial charge in [0.25, 0.3) is 0 Å². The predicted molar refractivity (Wildman–Crippen MR) is 242 cm³/mol. The van der Waals surface area contributed by atoms with Crippen molar-refractivity contribution in [2.75, 3.05) is 6.61 Å². The average molecular weight is 886 g/mol. The minimum Gasteiger partial charge on any atom is -0.393 e. The van der Waals surface area contributed by atoms with E-state index in [-0.39, 0.29) is 6.42 Å². The quantitative estimate of drug-likeness (QED) is 0.0166. The Morgan fingerprint density at radius 3 is 1.57 bits per heavy atom. The molecular weight excluding hydrogens is 801 g/mol. The van der Waals surface area contributed by atoms with E-state index in [1.807, 2.05) is 0 Å².